The molecule has 0 aliphatic carbocycles. The van der Waals surface area contributed by atoms with Crippen LogP contribution in [0.4, 0.5) is 11.4 Å². The third kappa shape index (κ3) is 3.95. The van der Waals surface area contributed by atoms with Crippen molar-refractivity contribution < 1.29 is 9.53 Å². The van der Waals surface area contributed by atoms with Crippen LogP contribution in [0.5, 0.6) is 6.01 Å². The zero-order chi connectivity index (χ0) is 23.1. The van der Waals surface area contributed by atoms with Crippen molar-refractivity contribution in [1.82, 2.24) is 24.8 Å². The number of nitrogens with zero attached hydrogens (tertiary/aromatic N) is 5. The van der Waals surface area contributed by atoms with Crippen LogP contribution >= 0.6 is 0 Å². The highest BCUT2D eigenvalue weighted by Crippen LogP contribution is 2.31. The Bertz CT molecular complexity index is 1340. The summed E-state index contributed by atoms with van der Waals surface area (Å²) in [4.78, 5) is 28.9. The first-order valence-corrected chi connectivity index (χ1v) is 11.0. The Morgan fingerprint density at radius 3 is 2.70 bits per heavy atom. The lowest BCUT2D eigenvalue weighted by molar-refractivity contribution is 0.102. The van der Waals surface area contributed by atoms with Crippen molar-refractivity contribution in [2.75, 3.05) is 30.4 Å². The van der Waals surface area contributed by atoms with Gasteiger partial charge in [-0.3, -0.25) is 4.79 Å². The Balaban J connectivity index is 1.53. The minimum atomic E-state index is -0.258. The highest BCUT2D eigenvalue weighted by molar-refractivity contribution is 6.14. The van der Waals surface area contributed by atoms with Gasteiger partial charge in [-0.1, -0.05) is 0 Å². The van der Waals surface area contributed by atoms with Crippen LogP contribution in [0, 0.1) is 0 Å². The number of piperazine rings is 1. The van der Waals surface area contributed by atoms with Gasteiger partial charge in [0, 0.05) is 61.1 Å². The van der Waals surface area contributed by atoms with Crippen LogP contribution in [0.1, 0.15) is 24.2 Å². The van der Waals surface area contributed by atoms with Crippen LogP contribution in [0.3, 0.4) is 0 Å². The first-order chi connectivity index (χ1) is 15.9. The molecule has 170 valence electrons. The zero-order valence-corrected chi connectivity index (χ0v) is 19.2. The first kappa shape index (κ1) is 21.1. The topological polar surface area (TPSA) is 97.2 Å². The van der Waals surface area contributed by atoms with E-state index in [2.05, 4.69) is 44.3 Å². The monoisotopic (exact) mass is 445 g/mol. The Labute approximate surface area is 191 Å². The number of carbonyl (C=O) groups excluding carboxylic acids is 1. The van der Waals surface area contributed by atoms with E-state index < -0.39 is 0 Å². The quantitative estimate of drug-likeness (QED) is 0.498. The Hall–Kier alpha value is -3.72. The van der Waals surface area contributed by atoms with E-state index in [4.69, 9.17) is 4.74 Å². The van der Waals surface area contributed by atoms with E-state index in [1.165, 1.54) is 7.11 Å². The maximum atomic E-state index is 13.3. The van der Waals surface area contributed by atoms with Gasteiger partial charge >= 0.3 is 6.01 Å². The number of aromatic nitrogens is 4. The Morgan fingerprint density at radius 2 is 1.94 bits per heavy atom. The number of amides is 1. The molecule has 5 rings (SSSR count). The molecule has 0 radical (unpaired) electrons. The minimum absolute atomic E-state index is 0.225. The van der Waals surface area contributed by atoms with Crippen LogP contribution in [-0.2, 0) is 7.05 Å². The van der Waals surface area contributed by atoms with Crippen molar-refractivity contribution in [3.05, 3.63) is 48.4 Å². The van der Waals surface area contributed by atoms with Gasteiger partial charge in [0.25, 0.3) is 5.91 Å². The fraction of sp³-hybridized carbons (Fsp3) is 0.333. The van der Waals surface area contributed by atoms with Crippen molar-refractivity contribution in [2.24, 2.45) is 7.05 Å². The summed E-state index contributed by atoms with van der Waals surface area (Å²) in [5.74, 6) is -0.258. The maximum absolute atomic E-state index is 13.3. The molecule has 2 N–H and O–H groups in total. The molecule has 9 heteroatoms. The molecule has 1 amide bonds. The molecule has 33 heavy (non-hydrogen) atoms. The summed E-state index contributed by atoms with van der Waals surface area (Å²) < 4.78 is 7.19. The Kier molecular flexibility index (Phi) is 5.33. The molecule has 3 aromatic heterocycles. The number of fused-ring (bicyclic) bond motifs is 2. The maximum Gasteiger partial charge on any atom is 0.316 e. The lowest BCUT2D eigenvalue weighted by Gasteiger charge is -2.38. The average Bonchev–Trinajstić information content (AvgIpc) is 3.17. The number of methoxy groups -OCH3 is 1. The number of aryl methyl sites for hydroxylation is 1. The summed E-state index contributed by atoms with van der Waals surface area (Å²) in [5, 5.41) is 8.30. The normalized spacial score (nSPS) is 18.6. The molecule has 0 unspecified atom stereocenters. The second-order valence-corrected chi connectivity index (χ2v) is 8.64. The second kappa shape index (κ2) is 8.32. The zero-order valence-electron chi connectivity index (χ0n) is 19.2. The van der Waals surface area contributed by atoms with E-state index in [1.807, 2.05) is 42.1 Å². The van der Waals surface area contributed by atoms with Gasteiger partial charge in [-0.05, 0) is 38.1 Å². The molecule has 0 spiro atoms. The third-order valence-corrected chi connectivity index (χ3v) is 6.00. The van der Waals surface area contributed by atoms with Gasteiger partial charge < -0.3 is 24.8 Å². The fourth-order valence-electron chi connectivity index (χ4n) is 4.59. The summed E-state index contributed by atoms with van der Waals surface area (Å²) in [6, 6.07) is 8.62. The van der Waals surface area contributed by atoms with E-state index in [0.29, 0.717) is 28.9 Å². The number of hydrogen-bond donors (Lipinski definition) is 2. The SMILES string of the molecule is COc1ncc2c(N3C[C@@H](C)N[C@H](C)C3)ccc(C(=O)Nc3cnc4c(ccn4C)c3)c2n1. The number of carbonyl (C=O) groups is 1. The number of nitrogens with one attached hydrogen (secondary N) is 2. The molecule has 4 aromatic rings. The number of benzene rings is 1. The molecular formula is C24H27N7O2. The van der Waals surface area contributed by atoms with Gasteiger partial charge in [0.15, 0.2) is 0 Å². The lowest BCUT2D eigenvalue weighted by atomic mass is 10.0. The molecule has 2 atom stereocenters. The predicted molar refractivity (Wildman–Crippen MR) is 129 cm³/mol. The third-order valence-electron chi connectivity index (χ3n) is 6.00. The summed E-state index contributed by atoms with van der Waals surface area (Å²) in [5.41, 5.74) is 3.52. The molecule has 4 heterocycles. The van der Waals surface area contributed by atoms with Crippen molar-refractivity contribution in [2.45, 2.75) is 25.9 Å². The summed E-state index contributed by atoms with van der Waals surface area (Å²) in [6.07, 6.45) is 5.34. The van der Waals surface area contributed by atoms with Crippen LogP contribution in [0.25, 0.3) is 21.9 Å². The largest absolute Gasteiger partial charge is 0.467 e. The summed E-state index contributed by atoms with van der Waals surface area (Å²) in [6.45, 7) is 6.06. The predicted octanol–water partition coefficient (Wildman–Crippen LogP) is 2.96. The van der Waals surface area contributed by atoms with Gasteiger partial charge in [-0.25, -0.2) is 9.97 Å². The smallest absolute Gasteiger partial charge is 0.316 e. The number of rotatable bonds is 4. The van der Waals surface area contributed by atoms with Gasteiger partial charge in [0.1, 0.15) is 5.65 Å². The summed E-state index contributed by atoms with van der Waals surface area (Å²) >= 11 is 0. The number of anilines is 2. The van der Waals surface area contributed by atoms with Crippen LogP contribution in [0.15, 0.2) is 42.9 Å². The van der Waals surface area contributed by atoms with Crippen LogP contribution in [0.2, 0.25) is 0 Å². The van der Waals surface area contributed by atoms with Crippen LogP contribution in [-0.4, -0.2) is 57.7 Å². The summed E-state index contributed by atoms with van der Waals surface area (Å²) in [7, 11) is 3.46. The molecule has 9 nitrogen and oxygen atoms in total. The molecule has 0 saturated carbocycles. The lowest BCUT2D eigenvalue weighted by Crippen LogP contribution is -2.54. The Morgan fingerprint density at radius 1 is 1.15 bits per heavy atom. The fourth-order valence-corrected chi connectivity index (χ4v) is 4.59. The van der Waals surface area contributed by atoms with E-state index in [9.17, 15) is 4.79 Å². The highest BCUT2D eigenvalue weighted by Gasteiger charge is 2.24. The first-order valence-electron chi connectivity index (χ1n) is 11.0. The van der Waals surface area contributed by atoms with Gasteiger partial charge in [0.05, 0.1) is 30.1 Å². The average molecular weight is 446 g/mol. The molecular weight excluding hydrogens is 418 g/mol. The molecule has 1 fully saturated rings. The van der Waals surface area contributed by atoms with E-state index in [1.54, 1.807) is 12.4 Å². The van der Waals surface area contributed by atoms with Gasteiger partial charge in [0.2, 0.25) is 0 Å². The van der Waals surface area contributed by atoms with Crippen LogP contribution < -0.4 is 20.3 Å². The van der Waals surface area contributed by atoms with E-state index in [0.717, 1.165) is 35.2 Å². The van der Waals surface area contributed by atoms with Gasteiger partial charge in [-0.15, -0.1) is 0 Å². The number of ether oxygens (including phenoxy) is 1. The van der Waals surface area contributed by atoms with Crippen molar-refractivity contribution >= 4 is 39.2 Å². The second-order valence-electron chi connectivity index (χ2n) is 8.64. The van der Waals surface area contributed by atoms with Crippen molar-refractivity contribution in [3.63, 3.8) is 0 Å². The van der Waals surface area contributed by atoms with Crippen molar-refractivity contribution in [3.8, 4) is 6.01 Å². The molecule has 0 bridgehead atoms. The molecule has 1 saturated heterocycles. The minimum Gasteiger partial charge on any atom is -0.467 e. The van der Waals surface area contributed by atoms with E-state index in [-0.39, 0.29) is 11.9 Å². The highest BCUT2D eigenvalue weighted by atomic mass is 16.5. The molecule has 1 aliphatic heterocycles. The number of hydrogen-bond acceptors (Lipinski definition) is 7. The number of pyridine rings is 1. The van der Waals surface area contributed by atoms with Gasteiger partial charge in [-0.2, -0.15) is 4.98 Å². The van der Waals surface area contributed by atoms with Crippen molar-refractivity contribution in [1.29, 1.82) is 0 Å². The van der Waals surface area contributed by atoms with E-state index >= 15 is 0 Å². The molecule has 1 aromatic carbocycles. The molecule has 1 aliphatic rings. The standard InChI is InChI=1S/C24H27N7O2/c1-14-12-31(13-15(2)27-14)20-6-5-18(21-19(20)11-26-24(29-21)33-4)23(32)28-17-9-16-7-8-30(3)22(16)25-10-17/h5-11,14-15,27H,12-13H2,1-4H3,(H,28,32)/t14-,15-/m1/s1.